The van der Waals surface area contributed by atoms with E-state index in [1.54, 1.807) is 6.20 Å². The van der Waals surface area contributed by atoms with E-state index in [1.165, 1.54) is 0 Å². The van der Waals surface area contributed by atoms with Crippen molar-refractivity contribution in [3.8, 4) is 11.1 Å². The molecule has 0 bridgehead atoms. The molecule has 1 saturated carbocycles. The molecule has 1 aliphatic carbocycles. The minimum absolute atomic E-state index is 0.149. The summed E-state index contributed by atoms with van der Waals surface area (Å²) < 4.78 is 2.02. The van der Waals surface area contributed by atoms with E-state index in [0.29, 0.717) is 6.04 Å². The van der Waals surface area contributed by atoms with Crippen LogP contribution in [0.15, 0.2) is 53.6 Å². The number of aromatic nitrogens is 2. The quantitative estimate of drug-likeness (QED) is 0.732. The fourth-order valence-electron chi connectivity index (χ4n) is 3.20. The zero-order valence-corrected chi connectivity index (χ0v) is 12.6. The monoisotopic (exact) mass is 290 g/mol. The van der Waals surface area contributed by atoms with Crippen molar-refractivity contribution in [1.82, 2.24) is 9.55 Å². The SMILES string of the molecule is CCc1cc2cccc(-c3cccnc3)c2c(=O)n1C1CC1. The van der Waals surface area contributed by atoms with Crippen molar-refractivity contribution in [2.24, 2.45) is 0 Å². The lowest BCUT2D eigenvalue weighted by molar-refractivity contribution is 0.670. The van der Waals surface area contributed by atoms with E-state index < -0.39 is 0 Å². The van der Waals surface area contributed by atoms with Crippen LogP contribution in [0.4, 0.5) is 0 Å². The van der Waals surface area contributed by atoms with Crippen molar-refractivity contribution in [1.29, 1.82) is 0 Å². The zero-order valence-electron chi connectivity index (χ0n) is 12.6. The molecule has 4 rings (SSSR count). The minimum atomic E-state index is 0.149. The summed E-state index contributed by atoms with van der Waals surface area (Å²) in [6.45, 7) is 2.12. The van der Waals surface area contributed by atoms with E-state index in [4.69, 9.17) is 0 Å². The molecule has 3 heteroatoms. The molecular formula is C19H18N2O. The van der Waals surface area contributed by atoms with E-state index >= 15 is 0 Å². The predicted octanol–water partition coefficient (Wildman–Crippen LogP) is 3.96. The van der Waals surface area contributed by atoms with Gasteiger partial charge in [-0.2, -0.15) is 0 Å². The molecule has 0 N–H and O–H groups in total. The molecular weight excluding hydrogens is 272 g/mol. The first kappa shape index (κ1) is 13.3. The third-order valence-corrected chi connectivity index (χ3v) is 4.41. The highest BCUT2D eigenvalue weighted by Gasteiger charge is 2.27. The third-order valence-electron chi connectivity index (χ3n) is 4.41. The Morgan fingerprint density at radius 2 is 2.09 bits per heavy atom. The molecule has 0 unspecified atom stereocenters. The Labute approximate surface area is 129 Å². The molecule has 0 amide bonds. The van der Waals surface area contributed by atoms with Gasteiger partial charge in [-0.15, -0.1) is 0 Å². The average molecular weight is 290 g/mol. The molecule has 0 atom stereocenters. The Balaban J connectivity index is 2.08. The van der Waals surface area contributed by atoms with E-state index in [9.17, 15) is 4.79 Å². The average Bonchev–Trinajstić information content (AvgIpc) is 3.39. The highest BCUT2D eigenvalue weighted by Crippen LogP contribution is 2.36. The molecule has 1 fully saturated rings. The second-order valence-electron chi connectivity index (χ2n) is 5.91. The first-order valence-corrected chi connectivity index (χ1v) is 7.87. The van der Waals surface area contributed by atoms with Crippen LogP contribution >= 0.6 is 0 Å². The molecule has 0 spiro atoms. The molecule has 3 nitrogen and oxygen atoms in total. The lowest BCUT2D eigenvalue weighted by Gasteiger charge is -2.14. The largest absolute Gasteiger partial charge is 0.309 e. The van der Waals surface area contributed by atoms with Crippen LogP contribution in [0.3, 0.4) is 0 Å². The van der Waals surface area contributed by atoms with Gasteiger partial charge in [-0.25, -0.2) is 0 Å². The molecule has 1 aliphatic rings. The zero-order chi connectivity index (χ0) is 15.1. The lowest BCUT2D eigenvalue weighted by atomic mass is 9.99. The number of hydrogen-bond acceptors (Lipinski definition) is 2. The molecule has 0 aliphatic heterocycles. The number of pyridine rings is 2. The summed E-state index contributed by atoms with van der Waals surface area (Å²) in [7, 11) is 0. The van der Waals surface area contributed by atoms with Gasteiger partial charge < -0.3 is 4.57 Å². The van der Waals surface area contributed by atoms with E-state index in [2.05, 4.69) is 18.0 Å². The Morgan fingerprint density at radius 3 is 2.77 bits per heavy atom. The second-order valence-corrected chi connectivity index (χ2v) is 5.91. The van der Waals surface area contributed by atoms with Gasteiger partial charge in [0.25, 0.3) is 5.56 Å². The Kier molecular flexibility index (Phi) is 3.07. The fourth-order valence-corrected chi connectivity index (χ4v) is 3.20. The molecule has 3 aromatic rings. The van der Waals surface area contributed by atoms with Crippen LogP contribution in [-0.2, 0) is 6.42 Å². The van der Waals surface area contributed by atoms with Crippen LogP contribution in [-0.4, -0.2) is 9.55 Å². The molecule has 0 radical (unpaired) electrons. The van der Waals surface area contributed by atoms with Crippen molar-refractivity contribution in [3.63, 3.8) is 0 Å². The minimum Gasteiger partial charge on any atom is -0.309 e. The van der Waals surface area contributed by atoms with Gasteiger partial charge in [-0.05, 0) is 42.3 Å². The van der Waals surface area contributed by atoms with E-state index in [-0.39, 0.29) is 5.56 Å². The predicted molar refractivity (Wildman–Crippen MR) is 89.1 cm³/mol. The van der Waals surface area contributed by atoms with Crippen LogP contribution in [0, 0.1) is 0 Å². The van der Waals surface area contributed by atoms with Crippen LogP contribution in [0.1, 0.15) is 31.5 Å². The normalized spacial score (nSPS) is 14.4. The maximum absolute atomic E-state index is 13.1. The topological polar surface area (TPSA) is 34.9 Å². The van der Waals surface area contributed by atoms with Gasteiger partial charge in [-0.3, -0.25) is 9.78 Å². The van der Waals surface area contributed by atoms with Crippen molar-refractivity contribution in [2.75, 3.05) is 0 Å². The number of hydrogen-bond donors (Lipinski definition) is 0. The van der Waals surface area contributed by atoms with Crippen LogP contribution in [0.25, 0.3) is 21.9 Å². The van der Waals surface area contributed by atoms with E-state index in [0.717, 1.165) is 46.9 Å². The maximum atomic E-state index is 13.1. The van der Waals surface area contributed by atoms with Crippen molar-refractivity contribution < 1.29 is 0 Å². The van der Waals surface area contributed by atoms with Gasteiger partial charge in [0.2, 0.25) is 0 Å². The lowest BCUT2D eigenvalue weighted by Crippen LogP contribution is -2.23. The van der Waals surface area contributed by atoms with Gasteiger partial charge in [0.15, 0.2) is 0 Å². The third kappa shape index (κ3) is 2.05. The molecule has 1 aromatic carbocycles. The number of fused-ring (bicyclic) bond motifs is 1. The number of nitrogens with zero attached hydrogens (tertiary/aromatic N) is 2. The summed E-state index contributed by atoms with van der Waals surface area (Å²) in [5.74, 6) is 0. The summed E-state index contributed by atoms with van der Waals surface area (Å²) in [4.78, 5) is 17.3. The highest BCUT2D eigenvalue weighted by molar-refractivity contribution is 5.96. The van der Waals surface area contributed by atoms with Crippen molar-refractivity contribution >= 4 is 10.8 Å². The Bertz CT molecular complexity index is 892. The van der Waals surface area contributed by atoms with Gasteiger partial charge >= 0.3 is 0 Å². The Morgan fingerprint density at radius 1 is 1.23 bits per heavy atom. The van der Waals surface area contributed by atoms with Crippen LogP contribution < -0.4 is 5.56 Å². The van der Waals surface area contributed by atoms with Crippen molar-refractivity contribution in [2.45, 2.75) is 32.2 Å². The van der Waals surface area contributed by atoms with Gasteiger partial charge in [0.05, 0.1) is 5.39 Å². The molecule has 0 saturated heterocycles. The molecule has 110 valence electrons. The fraction of sp³-hybridized carbons (Fsp3) is 0.263. The first-order chi connectivity index (χ1) is 10.8. The van der Waals surface area contributed by atoms with Crippen LogP contribution in [0.2, 0.25) is 0 Å². The second kappa shape index (κ2) is 5.09. The van der Waals surface area contributed by atoms with Gasteiger partial charge in [0, 0.05) is 29.7 Å². The standard InChI is InChI=1S/C19H18N2O/c1-2-15-11-13-5-3-7-17(14-6-4-10-20-12-14)18(13)19(22)21(15)16-8-9-16/h3-7,10-12,16H,2,8-9H2,1H3. The van der Waals surface area contributed by atoms with Gasteiger partial charge in [0.1, 0.15) is 0 Å². The maximum Gasteiger partial charge on any atom is 0.259 e. The molecule has 2 heterocycles. The smallest absolute Gasteiger partial charge is 0.259 e. The summed E-state index contributed by atoms with van der Waals surface area (Å²) in [6.07, 6.45) is 6.70. The number of rotatable bonds is 3. The number of aryl methyl sites for hydroxylation is 1. The van der Waals surface area contributed by atoms with Gasteiger partial charge in [-0.1, -0.05) is 31.2 Å². The highest BCUT2D eigenvalue weighted by atomic mass is 16.1. The summed E-state index contributed by atoms with van der Waals surface area (Å²) >= 11 is 0. The van der Waals surface area contributed by atoms with Crippen molar-refractivity contribution in [3.05, 3.63) is 64.8 Å². The van der Waals surface area contributed by atoms with E-state index in [1.807, 2.05) is 41.1 Å². The summed E-state index contributed by atoms with van der Waals surface area (Å²) in [5.41, 5.74) is 3.27. The Hall–Kier alpha value is -2.42. The summed E-state index contributed by atoms with van der Waals surface area (Å²) in [6, 6.07) is 12.6. The van der Waals surface area contributed by atoms with Crippen LogP contribution in [0.5, 0.6) is 0 Å². The molecule has 2 aromatic heterocycles. The first-order valence-electron chi connectivity index (χ1n) is 7.87. The molecule has 22 heavy (non-hydrogen) atoms. The summed E-state index contributed by atoms with van der Waals surface area (Å²) in [5, 5.41) is 1.85. The number of benzene rings is 1.